The van der Waals surface area contributed by atoms with Crippen LogP contribution in [0, 0.1) is 0 Å². The molecule has 4 rings (SSSR count). The van der Waals surface area contributed by atoms with Gasteiger partial charge in [-0.1, -0.05) is 60.7 Å². The highest BCUT2D eigenvalue weighted by molar-refractivity contribution is 7.98. The van der Waals surface area contributed by atoms with Crippen molar-refractivity contribution < 1.29 is 75.3 Å². The smallest absolute Gasteiger partial charge is 0.446 e. The van der Waals surface area contributed by atoms with Gasteiger partial charge in [0.1, 0.15) is 42.0 Å². The van der Waals surface area contributed by atoms with Crippen molar-refractivity contribution in [3.63, 3.8) is 0 Å². The molecule has 0 aliphatic heterocycles. The largest absolute Gasteiger partial charge is 0.481 e. The molecule has 26 nitrogen and oxygen atoms in total. The van der Waals surface area contributed by atoms with Gasteiger partial charge in [-0.05, 0) is 77.6 Å². The first-order valence-corrected chi connectivity index (χ1v) is 28.0. The Labute approximate surface area is 456 Å². The second-order valence-electron chi connectivity index (χ2n) is 17.5. The van der Waals surface area contributed by atoms with E-state index < -0.39 is 131 Å². The van der Waals surface area contributed by atoms with Crippen LogP contribution in [0.25, 0.3) is 10.9 Å². The van der Waals surface area contributed by atoms with Gasteiger partial charge in [-0.2, -0.15) is 31.9 Å². The second-order valence-corrected chi connectivity index (χ2v) is 20.5. The first-order chi connectivity index (χ1) is 36.9. The van der Waals surface area contributed by atoms with Gasteiger partial charge in [0, 0.05) is 30.5 Å². The number of benzene rings is 3. The predicted molar refractivity (Wildman–Crippen MR) is 287 cm³/mol. The maximum absolute atomic E-state index is 14.3. The van der Waals surface area contributed by atoms with Crippen LogP contribution in [0.15, 0.2) is 84.9 Å². The molecule has 0 spiro atoms. The molecular weight excluding hydrogens is 1080 g/mol. The summed E-state index contributed by atoms with van der Waals surface area (Å²) in [6, 6.07) is 12.0. The van der Waals surface area contributed by atoms with E-state index in [-0.39, 0.29) is 43.6 Å². The second kappa shape index (κ2) is 30.9. The van der Waals surface area contributed by atoms with Crippen molar-refractivity contribution in [3.8, 4) is 5.75 Å². The molecule has 1 heterocycles. The van der Waals surface area contributed by atoms with E-state index in [4.69, 9.17) is 16.0 Å². The van der Waals surface area contributed by atoms with Crippen LogP contribution in [-0.4, -0.2) is 160 Å². The van der Waals surface area contributed by atoms with E-state index in [2.05, 4.69) is 46.4 Å². The summed E-state index contributed by atoms with van der Waals surface area (Å²) in [5, 5.41) is 37.0. The molecule has 0 saturated carbocycles. The van der Waals surface area contributed by atoms with Crippen LogP contribution in [0.1, 0.15) is 42.5 Å². The Morgan fingerprint density at radius 1 is 0.590 bits per heavy atom. The van der Waals surface area contributed by atoms with Crippen LogP contribution >= 0.6 is 23.5 Å². The lowest BCUT2D eigenvalue weighted by Crippen LogP contribution is -2.59. The lowest BCUT2D eigenvalue weighted by molar-refractivity contribution is -0.141. The summed E-state index contributed by atoms with van der Waals surface area (Å²) in [6.45, 7) is -0.762. The molecule has 7 atom stereocenters. The van der Waals surface area contributed by atoms with Crippen molar-refractivity contribution in [2.45, 2.75) is 87.2 Å². The number of aliphatic carboxylic acids is 2. The van der Waals surface area contributed by atoms with Gasteiger partial charge >= 0.3 is 22.3 Å². The summed E-state index contributed by atoms with van der Waals surface area (Å²) >= 11 is 2.61. The zero-order valence-electron chi connectivity index (χ0n) is 42.2. The summed E-state index contributed by atoms with van der Waals surface area (Å²) in [5.74, 6) is -10.2. The van der Waals surface area contributed by atoms with Gasteiger partial charge in [0.2, 0.25) is 47.3 Å². The van der Waals surface area contributed by atoms with Crippen LogP contribution < -0.4 is 52.9 Å². The number of thioether (sulfide) groups is 2. The number of H-pyrrole nitrogens is 1. The Morgan fingerprint density at radius 3 is 1.64 bits per heavy atom. The van der Waals surface area contributed by atoms with Crippen LogP contribution in [-0.2, 0) is 77.6 Å². The van der Waals surface area contributed by atoms with Gasteiger partial charge in [-0.25, -0.2) is 0 Å². The summed E-state index contributed by atoms with van der Waals surface area (Å²) in [6.07, 6.45) is 1.14. The van der Waals surface area contributed by atoms with Gasteiger partial charge in [0.25, 0.3) is 0 Å². The highest BCUT2D eigenvalue weighted by Gasteiger charge is 2.34. The molecule has 0 saturated heterocycles. The van der Waals surface area contributed by atoms with E-state index in [9.17, 15) is 66.6 Å². The Kier molecular flexibility index (Phi) is 24.9. The normalized spacial score (nSPS) is 13.9. The molecule has 0 aliphatic carbocycles. The first-order valence-electron chi connectivity index (χ1n) is 23.9. The fraction of sp³-hybridized carbons (Fsp3) is 0.388. The first kappa shape index (κ1) is 62.8. The number of fused-ring (bicyclic) bond motifs is 1. The molecule has 1 aromatic heterocycles. The number of hydrogen-bond acceptors (Lipinski definition) is 16. The number of aromatic nitrogens is 1. The lowest BCUT2D eigenvalue weighted by Gasteiger charge is -2.26. The number of aromatic amines is 1. The molecule has 0 unspecified atom stereocenters. The average Bonchev–Trinajstić information content (AvgIpc) is 3.80. The fourth-order valence-electron chi connectivity index (χ4n) is 7.57. The van der Waals surface area contributed by atoms with E-state index in [0.29, 0.717) is 28.1 Å². The minimum absolute atomic E-state index is 0.0134. The lowest BCUT2D eigenvalue weighted by atomic mass is 10.0. The Bertz CT molecular complexity index is 2840. The molecule has 0 fully saturated rings. The third-order valence-corrected chi connectivity index (χ3v) is 13.1. The monoisotopic (exact) mass is 1140 g/mol. The average molecular weight is 1140 g/mol. The number of amides is 8. The van der Waals surface area contributed by atoms with E-state index in [0.717, 1.165) is 17.5 Å². The summed E-state index contributed by atoms with van der Waals surface area (Å²) in [4.78, 5) is 135. The van der Waals surface area contributed by atoms with Crippen molar-refractivity contribution in [1.29, 1.82) is 0 Å². The van der Waals surface area contributed by atoms with Crippen molar-refractivity contribution >= 4 is 104 Å². The number of hydrogen-bond donors (Lipinski definition) is 13. The van der Waals surface area contributed by atoms with Crippen LogP contribution in [0.3, 0.4) is 0 Å². The molecule has 3 aromatic carbocycles. The zero-order valence-corrected chi connectivity index (χ0v) is 44.7. The number of para-hydroxylation sites is 1. The molecule has 8 amide bonds. The number of nitrogens with one attached hydrogen (secondary N) is 8. The number of nitrogens with two attached hydrogens (primary N) is 2. The molecule has 0 bridgehead atoms. The minimum Gasteiger partial charge on any atom is -0.481 e. The standard InChI is InChI=1S/C49H62N10O16S3/c1-76-18-16-34(55-47(69)37(58-44(66)32(50)24-41(61)62)21-28-12-14-31(15-13-28)75-78(72,73)74)45(67)52-26-40(60)54-38(23-30-22-29-10-6-7-11-33(29)53-30)48(70)56-35(17-19-77-2)46(68)59-39(25-42(63)64)49(71)57-36(43(51)65)20-27-8-4-3-5-9-27/h3-15,22,32,34-39,53H,16-21,23-26,50H2,1-2H3,(H2,51,65)(H,52,67)(H,54,60)(H,55,69)(H,56,70)(H,57,71)(H,58,66)(H,59,68)(H,61,62)(H,63,64)(H,72,73,74)/t32-,34-,35-,36-,37-,38-,39-/m0/s1. The summed E-state index contributed by atoms with van der Waals surface area (Å²) in [5.41, 5.74) is 13.4. The van der Waals surface area contributed by atoms with Crippen molar-refractivity contribution in [1.82, 2.24) is 42.2 Å². The number of carboxylic acids is 2. The Morgan fingerprint density at radius 2 is 1.08 bits per heavy atom. The van der Waals surface area contributed by atoms with Crippen molar-refractivity contribution in [2.24, 2.45) is 11.5 Å². The SMILES string of the molecule is CSCC[C@H](NC(=O)[C@H](Cc1ccc(OS(=O)(=O)O)cc1)NC(=O)[C@@H](N)CC(=O)O)C(=O)NCC(=O)N[C@@H](Cc1cc2ccccc2[nH]1)C(=O)N[C@@H](CCSC)C(=O)N[C@@H](CC(=O)O)C(=O)N[C@@H](Cc1ccccc1)C(N)=O. The van der Waals surface area contributed by atoms with E-state index >= 15 is 0 Å². The molecule has 78 heavy (non-hydrogen) atoms. The number of carboxylic acid groups (broad SMARTS) is 2. The fourth-order valence-corrected chi connectivity index (χ4v) is 8.87. The zero-order chi connectivity index (χ0) is 57.5. The van der Waals surface area contributed by atoms with Crippen LogP contribution in [0.5, 0.6) is 5.75 Å². The summed E-state index contributed by atoms with van der Waals surface area (Å²) < 4.78 is 35.8. The molecule has 422 valence electrons. The van der Waals surface area contributed by atoms with E-state index in [1.54, 1.807) is 73.2 Å². The third-order valence-electron chi connectivity index (χ3n) is 11.5. The van der Waals surface area contributed by atoms with Gasteiger partial charge in [0.05, 0.1) is 25.4 Å². The third kappa shape index (κ3) is 21.7. The minimum atomic E-state index is -4.87. The molecule has 29 heteroatoms. The van der Waals surface area contributed by atoms with Gasteiger partial charge in [-0.15, -0.1) is 0 Å². The van der Waals surface area contributed by atoms with Crippen LogP contribution in [0.4, 0.5) is 0 Å². The van der Waals surface area contributed by atoms with Gasteiger partial charge < -0.3 is 68.1 Å². The van der Waals surface area contributed by atoms with Crippen LogP contribution in [0.2, 0.25) is 0 Å². The summed E-state index contributed by atoms with van der Waals surface area (Å²) in [7, 11) is -4.87. The number of primary amides is 1. The molecular formula is C49H62N10O16S3. The predicted octanol–water partition coefficient (Wildman–Crippen LogP) is -1.33. The van der Waals surface area contributed by atoms with Gasteiger partial charge in [-0.3, -0.25) is 52.5 Å². The number of carbonyl (C=O) groups is 10. The molecule has 0 aliphatic rings. The molecule has 15 N–H and O–H groups in total. The number of carbonyl (C=O) groups excluding carboxylic acids is 8. The highest BCUT2D eigenvalue weighted by atomic mass is 32.3. The highest BCUT2D eigenvalue weighted by Crippen LogP contribution is 2.18. The maximum Gasteiger partial charge on any atom is 0.446 e. The van der Waals surface area contributed by atoms with Crippen molar-refractivity contribution in [2.75, 3.05) is 30.6 Å². The molecule has 4 aromatic rings. The Balaban J connectivity index is 1.54. The number of rotatable bonds is 33. The topological polar surface area (TPSA) is 427 Å². The van der Waals surface area contributed by atoms with Crippen molar-refractivity contribution in [3.05, 3.63) is 102 Å². The quantitative estimate of drug-likeness (QED) is 0.0246. The maximum atomic E-state index is 14.3. The Hall–Kier alpha value is -7.73. The van der Waals surface area contributed by atoms with E-state index in [1.165, 1.54) is 35.7 Å². The molecule has 0 radical (unpaired) electrons. The van der Waals surface area contributed by atoms with E-state index in [1.807, 2.05) is 0 Å². The van der Waals surface area contributed by atoms with Gasteiger partial charge in [0.15, 0.2) is 0 Å².